The Hall–Kier alpha value is -1.97. The zero-order chi connectivity index (χ0) is 14.0. The summed E-state index contributed by atoms with van der Waals surface area (Å²) in [7, 11) is 0. The molecule has 102 valence electrons. The van der Waals surface area contributed by atoms with Crippen LogP contribution < -0.4 is 5.56 Å². The Morgan fingerprint density at radius 3 is 2.84 bits per heavy atom. The van der Waals surface area contributed by atoms with Gasteiger partial charge in [0.2, 0.25) is 0 Å². The Morgan fingerprint density at radius 1 is 1.47 bits per heavy atom. The van der Waals surface area contributed by atoms with Gasteiger partial charge in [-0.2, -0.15) is 0 Å². The second-order valence-electron chi connectivity index (χ2n) is 4.77. The average molecular weight is 261 g/mol. The summed E-state index contributed by atoms with van der Waals surface area (Å²) in [4.78, 5) is 12.3. The van der Waals surface area contributed by atoms with Crippen molar-refractivity contribution in [3.8, 4) is 5.75 Å². The van der Waals surface area contributed by atoms with Crippen molar-refractivity contribution in [2.45, 2.75) is 39.8 Å². The molecule has 1 aromatic rings. The molecule has 1 aromatic heterocycles. The van der Waals surface area contributed by atoms with Crippen LogP contribution in [0.1, 0.15) is 38.3 Å². The van der Waals surface area contributed by atoms with Crippen LogP contribution in [0.25, 0.3) is 11.8 Å². The highest BCUT2D eigenvalue weighted by molar-refractivity contribution is 5.76. The molecule has 0 amide bonds. The van der Waals surface area contributed by atoms with Crippen molar-refractivity contribution in [3.05, 3.63) is 39.8 Å². The fourth-order valence-electron chi connectivity index (χ4n) is 2.14. The minimum atomic E-state index is -0.105. The predicted octanol–water partition coefficient (Wildman–Crippen LogP) is 2.76. The van der Waals surface area contributed by atoms with E-state index in [-0.39, 0.29) is 17.4 Å². The van der Waals surface area contributed by atoms with Gasteiger partial charge in [-0.15, -0.1) is 0 Å². The molecule has 1 aliphatic carbocycles. The number of rotatable bonds is 3. The molecule has 1 heterocycles. The molecular formula is C15H19NO3. The van der Waals surface area contributed by atoms with Crippen LogP contribution in [-0.2, 0) is 11.3 Å². The van der Waals surface area contributed by atoms with Gasteiger partial charge in [0.25, 0.3) is 5.56 Å². The molecule has 0 aromatic carbocycles. The molecule has 0 aliphatic heterocycles. The number of aromatic nitrogens is 1. The van der Waals surface area contributed by atoms with Crippen LogP contribution in [0.5, 0.6) is 5.75 Å². The minimum absolute atomic E-state index is 0.00907. The fourth-order valence-corrected chi connectivity index (χ4v) is 2.14. The van der Waals surface area contributed by atoms with E-state index in [2.05, 4.69) is 0 Å². The van der Waals surface area contributed by atoms with Crippen LogP contribution in [0, 0.1) is 0 Å². The van der Waals surface area contributed by atoms with Crippen molar-refractivity contribution in [2.75, 3.05) is 0 Å². The molecule has 0 fully saturated rings. The van der Waals surface area contributed by atoms with Crippen LogP contribution in [0.4, 0.5) is 0 Å². The number of aromatic hydroxyl groups is 1. The lowest BCUT2D eigenvalue weighted by atomic mass is 10.1. The van der Waals surface area contributed by atoms with Gasteiger partial charge in [0.05, 0.1) is 17.2 Å². The number of allylic oxidation sites excluding steroid dienone is 2. The van der Waals surface area contributed by atoms with Crippen LogP contribution in [0.15, 0.2) is 23.1 Å². The van der Waals surface area contributed by atoms with E-state index in [1.165, 1.54) is 10.8 Å². The summed E-state index contributed by atoms with van der Waals surface area (Å²) in [6.45, 7) is 6.24. The predicted molar refractivity (Wildman–Crippen MR) is 75.9 cm³/mol. The Balaban J connectivity index is 2.66. The third-order valence-electron chi connectivity index (χ3n) is 2.97. The first-order chi connectivity index (χ1) is 9.04. The Morgan fingerprint density at radius 2 is 2.21 bits per heavy atom. The molecule has 2 rings (SSSR count). The van der Waals surface area contributed by atoms with Gasteiger partial charge in [0, 0.05) is 12.7 Å². The molecule has 0 saturated heterocycles. The maximum absolute atomic E-state index is 12.3. The van der Waals surface area contributed by atoms with Crippen molar-refractivity contribution in [2.24, 2.45) is 0 Å². The van der Waals surface area contributed by atoms with Gasteiger partial charge in [0.1, 0.15) is 11.5 Å². The largest absolute Gasteiger partial charge is 0.506 e. The van der Waals surface area contributed by atoms with Crippen molar-refractivity contribution < 1.29 is 9.84 Å². The van der Waals surface area contributed by atoms with Gasteiger partial charge >= 0.3 is 0 Å². The van der Waals surface area contributed by atoms with E-state index < -0.39 is 0 Å². The summed E-state index contributed by atoms with van der Waals surface area (Å²) in [5.41, 5.74) is 0.884. The van der Waals surface area contributed by atoms with Gasteiger partial charge in [-0.25, -0.2) is 0 Å². The zero-order valence-electron chi connectivity index (χ0n) is 11.5. The second kappa shape index (κ2) is 5.34. The van der Waals surface area contributed by atoms with E-state index in [9.17, 15) is 9.90 Å². The lowest BCUT2D eigenvalue weighted by molar-refractivity contribution is 0.202. The lowest BCUT2D eigenvalue weighted by Gasteiger charge is -2.17. The highest BCUT2D eigenvalue weighted by Crippen LogP contribution is 2.31. The number of aryl methyl sites for hydroxylation is 1. The van der Waals surface area contributed by atoms with E-state index in [4.69, 9.17) is 4.74 Å². The van der Waals surface area contributed by atoms with Crippen LogP contribution in [-0.4, -0.2) is 15.8 Å². The molecule has 19 heavy (non-hydrogen) atoms. The number of nitrogens with zero attached hydrogens (tertiary/aromatic N) is 1. The lowest BCUT2D eigenvalue weighted by Crippen LogP contribution is -2.22. The number of pyridine rings is 1. The highest BCUT2D eigenvalue weighted by Gasteiger charge is 2.20. The van der Waals surface area contributed by atoms with Crippen molar-refractivity contribution in [1.29, 1.82) is 0 Å². The van der Waals surface area contributed by atoms with E-state index >= 15 is 0 Å². The van der Waals surface area contributed by atoms with E-state index in [0.717, 1.165) is 0 Å². The topological polar surface area (TPSA) is 51.5 Å². The standard InChI is InChI=1S/C15H19NO3/c1-4-16-9-12(17)14-11(15(16)18)7-5-6-8-13(14)19-10(2)3/h5,7-10,17H,4,6H2,1-3H3. The summed E-state index contributed by atoms with van der Waals surface area (Å²) >= 11 is 0. The Labute approximate surface area is 112 Å². The fraction of sp³-hybridized carbons (Fsp3) is 0.400. The molecule has 0 radical (unpaired) electrons. The van der Waals surface area contributed by atoms with Gasteiger partial charge in [-0.3, -0.25) is 4.79 Å². The number of hydrogen-bond acceptors (Lipinski definition) is 3. The number of hydrogen-bond donors (Lipinski definition) is 1. The summed E-state index contributed by atoms with van der Waals surface area (Å²) in [6.07, 6.45) is 7.69. The molecule has 0 atom stereocenters. The molecular weight excluding hydrogens is 242 g/mol. The SMILES string of the molecule is CCn1cc(O)c2c(c1=O)C=CCC=C2OC(C)C. The molecule has 0 unspecified atom stereocenters. The van der Waals surface area contributed by atoms with Gasteiger partial charge < -0.3 is 14.4 Å². The zero-order valence-corrected chi connectivity index (χ0v) is 11.5. The molecule has 1 N–H and O–H groups in total. The van der Waals surface area contributed by atoms with E-state index in [1.807, 2.05) is 32.9 Å². The van der Waals surface area contributed by atoms with Crippen LogP contribution in [0.2, 0.25) is 0 Å². The summed E-state index contributed by atoms with van der Waals surface area (Å²) in [6, 6.07) is 0. The van der Waals surface area contributed by atoms with Crippen LogP contribution >= 0.6 is 0 Å². The molecule has 0 bridgehead atoms. The van der Waals surface area contributed by atoms with Gasteiger partial charge in [-0.1, -0.05) is 12.2 Å². The first-order valence-electron chi connectivity index (χ1n) is 6.54. The average Bonchev–Trinajstić information content (AvgIpc) is 2.56. The van der Waals surface area contributed by atoms with Gasteiger partial charge in [-0.05, 0) is 33.3 Å². The summed E-state index contributed by atoms with van der Waals surface area (Å²) in [5, 5.41) is 10.2. The summed E-state index contributed by atoms with van der Waals surface area (Å²) < 4.78 is 7.22. The smallest absolute Gasteiger partial charge is 0.258 e. The molecule has 4 heteroatoms. The monoisotopic (exact) mass is 261 g/mol. The normalized spacial score (nSPS) is 14.0. The van der Waals surface area contributed by atoms with E-state index in [0.29, 0.717) is 29.9 Å². The summed E-state index contributed by atoms with van der Waals surface area (Å²) in [5.74, 6) is 0.655. The maximum Gasteiger partial charge on any atom is 0.258 e. The minimum Gasteiger partial charge on any atom is -0.506 e. The molecule has 0 saturated carbocycles. The molecule has 1 aliphatic rings. The molecule has 4 nitrogen and oxygen atoms in total. The second-order valence-corrected chi connectivity index (χ2v) is 4.77. The van der Waals surface area contributed by atoms with Crippen LogP contribution in [0.3, 0.4) is 0 Å². The quantitative estimate of drug-likeness (QED) is 0.910. The van der Waals surface area contributed by atoms with Crippen molar-refractivity contribution in [1.82, 2.24) is 4.57 Å². The maximum atomic E-state index is 12.3. The third-order valence-corrected chi connectivity index (χ3v) is 2.97. The Kier molecular flexibility index (Phi) is 3.79. The first kappa shape index (κ1) is 13.5. The van der Waals surface area contributed by atoms with Gasteiger partial charge in [0.15, 0.2) is 0 Å². The van der Waals surface area contributed by atoms with Crippen molar-refractivity contribution in [3.63, 3.8) is 0 Å². The first-order valence-corrected chi connectivity index (χ1v) is 6.54. The Bertz CT molecular complexity index is 594. The number of ether oxygens (including phenoxy) is 1. The number of fused-ring (bicyclic) bond motifs is 1. The van der Waals surface area contributed by atoms with E-state index in [1.54, 1.807) is 6.08 Å². The molecule has 0 spiro atoms. The highest BCUT2D eigenvalue weighted by atomic mass is 16.5. The van der Waals surface area contributed by atoms with Crippen molar-refractivity contribution >= 4 is 11.8 Å². The third kappa shape index (κ3) is 2.57.